The standard InChI is InChI=1S/C32H34N2O8/c1-42-24-8-5-16(15-34-9-3-2-4-10-34)11-20(24)19-6-7-22(35)26-21(19)13-17-12-18-14-23(36)27(31(33)40)30(39)32(18,41)29(38)25(17)28(26)37/h5-8,11,17-18,35,37,39,41H,2-4,9-10,12-15H2,1H3,(H2,33,40)/t17-,18+,32+/m1/s1. The molecule has 4 aliphatic rings. The van der Waals surface area contributed by atoms with E-state index in [1.54, 1.807) is 13.2 Å². The van der Waals surface area contributed by atoms with Crippen LogP contribution in [0.15, 0.2) is 47.2 Å². The van der Waals surface area contributed by atoms with Crippen LogP contribution in [0.25, 0.3) is 16.9 Å². The predicted octanol–water partition coefficient (Wildman–Crippen LogP) is 3.09. The summed E-state index contributed by atoms with van der Waals surface area (Å²) in [7, 11) is 1.58. The first-order chi connectivity index (χ1) is 20.1. The number of primary amides is 1. The number of nitrogens with two attached hydrogens (primary N) is 1. The average Bonchev–Trinajstić information content (AvgIpc) is 2.95. The Balaban J connectivity index is 1.47. The molecule has 2 aromatic carbocycles. The number of carbonyl (C=O) groups is 3. The molecule has 1 heterocycles. The van der Waals surface area contributed by atoms with Gasteiger partial charge in [-0.15, -0.1) is 0 Å². The van der Waals surface area contributed by atoms with Crippen molar-refractivity contribution in [2.75, 3.05) is 20.2 Å². The van der Waals surface area contributed by atoms with Crippen molar-refractivity contribution < 1.29 is 39.5 Å². The number of carbonyl (C=O) groups excluding carboxylic acids is 3. The van der Waals surface area contributed by atoms with Crippen molar-refractivity contribution in [1.29, 1.82) is 0 Å². The number of hydrogen-bond acceptors (Lipinski definition) is 9. The molecule has 0 aromatic heterocycles. The second kappa shape index (κ2) is 10.3. The molecule has 3 atom stereocenters. The largest absolute Gasteiger partial charge is 0.508 e. The van der Waals surface area contributed by atoms with Gasteiger partial charge in [0.25, 0.3) is 5.91 Å². The molecule has 6 N–H and O–H groups in total. The van der Waals surface area contributed by atoms with E-state index >= 15 is 0 Å². The van der Waals surface area contributed by atoms with Gasteiger partial charge in [0.1, 0.15) is 28.6 Å². The topological polar surface area (TPSA) is 171 Å². The maximum absolute atomic E-state index is 13.8. The van der Waals surface area contributed by atoms with E-state index in [1.807, 2.05) is 12.1 Å². The molecular formula is C32H34N2O8. The van der Waals surface area contributed by atoms with Crippen LogP contribution in [0.5, 0.6) is 11.5 Å². The fraction of sp³-hybridized carbons (Fsp3) is 0.406. The van der Waals surface area contributed by atoms with Crippen molar-refractivity contribution in [2.45, 2.75) is 50.7 Å². The molecular weight excluding hydrogens is 540 g/mol. The van der Waals surface area contributed by atoms with Crippen LogP contribution in [0.2, 0.25) is 0 Å². The minimum atomic E-state index is -2.59. The number of aliphatic hydroxyl groups is 3. The minimum absolute atomic E-state index is 0.0584. The van der Waals surface area contributed by atoms with Crippen molar-refractivity contribution in [2.24, 2.45) is 17.6 Å². The smallest absolute Gasteiger partial charge is 0.255 e. The molecule has 1 saturated heterocycles. The Kier molecular flexibility index (Phi) is 6.86. The van der Waals surface area contributed by atoms with Crippen molar-refractivity contribution in [1.82, 2.24) is 4.90 Å². The molecule has 1 aliphatic heterocycles. The number of ketones is 2. The van der Waals surface area contributed by atoms with E-state index in [4.69, 9.17) is 10.5 Å². The molecule has 2 fully saturated rings. The van der Waals surface area contributed by atoms with Crippen LogP contribution in [-0.2, 0) is 27.3 Å². The lowest BCUT2D eigenvalue weighted by atomic mass is 9.59. The number of phenolic OH excluding ortho intramolecular Hbond substituents is 1. The van der Waals surface area contributed by atoms with Crippen LogP contribution in [0, 0.1) is 11.8 Å². The summed E-state index contributed by atoms with van der Waals surface area (Å²) in [5.74, 6) is -5.87. The molecule has 42 heavy (non-hydrogen) atoms. The zero-order valence-corrected chi connectivity index (χ0v) is 23.4. The quantitative estimate of drug-likeness (QED) is 0.337. The van der Waals surface area contributed by atoms with Crippen LogP contribution >= 0.6 is 0 Å². The number of likely N-dealkylation sites (tertiary alicyclic amines) is 1. The number of fused-ring (bicyclic) bond motifs is 3. The van der Waals surface area contributed by atoms with E-state index in [9.17, 15) is 34.8 Å². The maximum atomic E-state index is 13.8. The van der Waals surface area contributed by atoms with Crippen molar-refractivity contribution in [3.8, 4) is 22.6 Å². The number of benzene rings is 2. The zero-order chi connectivity index (χ0) is 29.9. The van der Waals surface area contributed by atoms with Gasteiger partial charge >= 0.3 is 0 Å². The highest BCUT2D eigenvalue weighted by Gasteiger charge is 2.60. The third-order valence-corrected chi connectivity index (χ3v) is 9.36. The summed E-state index contributed by atoms with van der Waals surface area (Å²) in [4.78, 5) is 40.7. The Bertz CT molecular complexity index is 1580. The Labute approximate surface area is 242 Å². The van der Waals surface area contributed by atoms with Gasteiger partial charge in [-0.3, -0.25) is 19.3 Å². The first-order valence-corrected chi connectivity index (χ1v) is 14.3. The molecule has 0 spiro atoms. The lowest BCUT2D eigenvalue weighted by Gasteiger charge is -2.46. The zero-order valence-electron chi connectivity index (χ0n) is 23.4. The molecule has 1 amide bonds. The van der Waals surface area contributed by atoms with Gasteiger partial charge in [-0.25, -0.2) is 0 Å². The van der Waals surface area contributed by atoms with Crippen LogP contribution in [-0.4, -0.2) is 68.6 Å². The monoisotopic (exact) mass is 574 g/mol. The molecule has 10 heteroatoms. The van der Waals surface area contributed by atoms with Gasteiger partial charge in [-0.1, -0.05) is 18.6 Å². The Morgan fingerprint density at radius 3 is 2.48 bits per heavy atom. The average molecular weight is 575 g/mol. The lowest BCUT2D eigenvalue weighted by Crippen LogP contribution is -2.58. The van der Waals surface area contributed by atoms with Crippen LogP contribution in [0.3, 0.4) is 0 Å². The highest BCUT2D eigenvalue weighted by molar-refractivity contribution is 6.22. The van der Waals surface area contributed by atoms with E-state index in [0.717, 1.165) is 36.3 Å². The normalized spacial score (nSPS) is 26.0. The first-order valence-electron chi connectivity index (χ1n) is 14.3. The first kappa shape index (κ1) is 28.0. The summed E-state index contributed by atoms with van der Waals surface area (Å²) in [5.41, 5.74) is 4.96. The third-order valence-electron chi connectivity index (χ3n) is 9.36. The third kappa shape index (κ3) is 4.20. The van der Waals surface area contributed by atoms with Gasteiger partial charge in [0, 0.05) is 30.0 Å². The highest BCUT2D eigenvalue weighted by atomic mass is 16.5. The maximum Gasteiger partial charge on any atom is 0.255 e. The Morgan fingerprint density at radius 1 is 1.05 bits per heavy atom. The van der Waals surface area contributed by atoms with Gasteiger partial charge < -0.3 is 30.9 Å². The lowest BCUT2D eigenvalue weighted by molar-refractivity contribution is -0.147. The van der Waals surface area contributed by atoms with E-state index in [2.05, 4.69) is 11.0 Å². The van der Waals surface area contributed by atoms with Crippen LogP contribution in [0.1, 0.15) is 48.8 Å². The number of rotatable bonds is 5. The fourth-order valence-corrected chi connectivity index (χ4v) is 7.31. The number of piperidine rings is 1. The summed E-state index contributed by atoms with van der Waals surface area (Å²) in [5, 5.41) is 44.6. The Hall–Kier alpha value is -4.15. The second-order valence-electron chi connectivity index (χ2n) is 11.8. The molecule has 220 valence electrons. The summed E-state index contributed by atoms with van der Waals surface area (Å²) in [6.07, 6.45) is 3.51. The summed E-state index contributed by atoms with van der Waals surface area (Å²) < 4.78 is 5.71. The summed E-state index contributed by atoms with van der Waals surface area (Å²) >= 11 is 0. The molecule has 3 aliphatic carbocycles. The SMILES string of the molecule is COc1ccc(CN2CCCCC2)cc1-c1ccc(O)c2c1C[C@H]1C[C@H]3CC(=O)C(C(N)=O)=C(O)[C@@]3(O)C(=O)C1=C2O. The van der Waals surface area contributed by atoms with E-state index < -0.39 is 52.0 Å². The molecule has 10 nitrogen and oxygen atoms in total. The van der Waals surface area contributed by atoms with Gasteiger partial charge in [0.15, 0.2) is 11.4 Å². The molecule has 0 bridgehead atoms. The van der Waals surface area contributed by atoms with Crippen LogP contribution in [0.4, 0.5) is 0 Å². The molecule has 2 aromatic rings. The molecule has 0 unspecified atom stereocenters. The number of nitrogens with zero attached hydrogens (tertiary/aromatic N) is 1. The number of ether oxygens (including phenoxy) is 1. The van der Waals surface area contributed by atoms with Gasteiger partial charge in [0.05, 0.1) is 12.7 Å². The van der Waals surface area contributed by atoms with Crippen LogP contribution < -0.4 is 10.5 Å². The number of methoxy groups -OCH3 is 1. The molecule has 0 radical (unpaired) electrons. The highest BCUT2D eigenvalue weighted by Crippen LogP contribution is 2.53. The number of hydrogen-bond donors (Lipinski definition) is 5. The van der Waals surface area contributed by atoms with Gasteiger partial charge in [-0.2, -0.15) is 0 Å². The molecule has 6 rings (SSSR count). The number of aromatic hydroxyl groups is 1. The van der Waals surface area contributed by atoms with E-state index in [0.29, 0.717) is 11.3 Å². The number of amides is 1. The minimum Gasteiger partial charge on any atom is -0.508 e. The summed E-state index contributed by atoms with van der Waals surface area (Å²) in [6, 6.07) is 9.18. The van der Waals surface area contributed by atoms with Crippen molar-refractivity contribution in [3.63, 3.8) is 0 Å². The van der Waals surface area contributed by atoms with Crippen molar-refractivity contribution >= 4 is 23.2 Å². The molecule has 1 saturated carbocycles. The van der Waals surface area contributed by atoms with Crippen molar-refractivity contribution in [3.05, 3.63) is 63.9 Å². The van der Waals surface area contributed by atoms with Gasteiger partial charge in [0.2, 0.25) is 5.78 Å². The number of aliphatic hydroxyl groups excluding tert-OH is 2. The summed E-state index contributed by atoms with van der Waals surface area (Å²) in [6.45, 7) is 2.85. The van der Waals surface area contributed by atoms with E-state index in [1.165, 1.54) is 25.3 Å². The number of Topliss-reactive ketones (excluding diaryl/α,β-unsaturated/α-hetero) is 2. The Morgan fingerprint density at radius 2 is 1.79 bits per heavy atom. The second-order valence-corrected chi connectivity index (χ2v) is 11.8. The van der Waals surface area contributed by atoms with Gasteiger partial charge in [-0.05, 0) is 79.6 Å². The predicted molar refractivity (Wildman–Crippen MR) is 153 cm³/mol. The number of phenols is 1. The fourth-order valence-electron chi connectivity index (χ4n) is 7.31. The van der Waals surface area contributed by atoms with E-state index in [-0.39, 0.29) is 36.1 Å².